The Hall–Kier alpha value is -2.71. The molecule has 6 nitrogen and oxygen atoms in total. The van der Waals surface area contributed by atoms with Crippen LogP contribution in [0.1, 0.15) is 45.3 Å². The Morgan fingerprint density at radius 1 is 1.32 bits per heavy atom. The molecule has 0 fully saturated rings. The van der Waals surface area contributed by atoms with E-state index in [9.17, 15) is 4.79 Å². The van der Waals surface area contributed by atoms with Gasteiger partial charge in [-0.05, 0) is 55.4 Å². The molecule has 0 saturated heterocycles. The van der Waals surface area contributed by atoms with Crippen molar-refractivity contribution in [2.75, 3.05) is 17.7 Å². The number of aryl methyl sites for hydroxylation is 1. The number of methoxy groups -OCH3 is 1. The summed E-state index contributed by atoms with van der Waals surface area (Å²) in [7, 11) is 1.42. The van der Waals surface area contributed by atoms with Crippen LogP contribution >= 0.6 is 23.6 Å². The number of aromatic nitrogens is 2. The molecule has 0 radical (unpaired) electrons. The lowest BCUT2D eigenvalue weighted by atomic mass is 9.88. The van der Waals surface area contributed by atoms with Gasteiger partial charge in [0.25, 0.3) is 0 Å². The fourth-order valence-corrected chi connectivity index (χ4v) is 5.51. The first-order valence-electron chi connectivity index (χ1n) is 10.3. The van der Waals surface area contributed by atoms with Crippen LogP contribution in [0.2, 0.25) is 0 Å². The molecule has 0 saturated carbocycles. The van der Waals surface area contributed by atoms with Gasteiger partial charge in [-0.3, -0.25) is 4.68 Å². The number of carbonyl (C=O) groups is 1. The summed E-state index contributed by atoms with van der Waals surface area (Å²) >= 11 is 7.11. The van der Waals surface area contributed by atoms with Crippen molar-refractivity contribution in [3.63, 3.8) is 0 Å². The maximum Gasteiger partial charge on any atom is 0.341 e. The van der Waals surface area contributed by atoms with Crippen LogP contribution in [-0.2, 0) is 24.1 Å². The number of carbonyl (C=O) groups excluding carboxylic acids is 1. The molecule has 0 aliphatic heterocycles. The minimum atomic E-state index is -0.316. The van der Waals surface area contributed by atoms with Gasteiger partial charge < -0.3 is 15.4 Å². The number of thiocarbonyl (C=S) groups is 1. The molecule has 8 heteroatoms. The van der Waals surface area contributed by atoms with Gasteiger partial charge in [-0.2, -0.15) is 5.10 Å². The first-order chi connectivity index (χ1) is 14.9. The highest BCUT2D eigenvalue weighted by molar-refractivity contribution is 7.80. The Kier molecular flexibility index (Phi) is 6.38. The summed E-state index contributed by atoms with van der Waals surface area (Å²) in [4.78, 5) is 13.7. The first-order valence-corrected chi connectivity index (χ1v) is 11.5. The van der Waals surface area contributed by atoms with E-state index >= 15 is 0 Å². The third kappa shape index (κ3) is 4.97. The van der Waals surface area contributed by atoms with E-state index in [1.165, 1.54) is 23.1 Å². The van der Waals surface area contributed by atoms with E-state index in [0.717, 1.165) is 35.5 Å². The summed E-state index contributed by atoms with van der Waals surface area (Å²) in [6, 6.07) is 8.39. The molecule has 4 rings (SSSR count). The molecule has 2 aromatic heterocycles. The van der Waals surface area contributed by atoms with E-state index in [2.05, 4.69) is 53.8 Å². The molecule has 1 aliphatic rings. The Morgan fingerprint density at radius 3 is 2.84 bits per heavy atom. The zero-order chi connectivity index (χ0) is 22.0. The number of esters is 1. The molecule has 0 bridgehead atoms. The molecule has 1 aromatic carbocycles. The fourth-order valence-electron chi connectivity index (χ4n) is 3.82. The van der Waals surface area contributed by atoms with Gasteiger partial charge in [0.05, 0.1) is 31.1 Å². The second-order valence-electron chi connectivity index (χ2n) is 8.04. The summed E-state index contributed by atoms with van der Waals surface area (Å²) in [6.45, 7) is 5.00. The molecule has 162 valence electrons. The molecular weight excluding hydrogens is 428 g/mol. The minimum Gasteiger partial charge on any atom is -0.465 e. The van der Waals surface area contributed by atoms with E-state index in [1.54, 1.807) is 17.5 Å². The number of ether oxygens (including phenoxy) is 1. The van der Waals surface area contributed by atoms with Gasteiger partial charge in [0.15, 0.2) is 5.11 Å². The normalized spacial score (nSPS) is 15.3. The molecule has 1 atom stereocenters. The zero-order valence-electron chi connectivity index (χ0n) is 17.9. The van der Waals surface area contributed by atoms with Gasteiger partial charge in [-0.25, -0.2) is 4.79 Å². The molecule has 1 unspecified atom stereocenters. The molecule has 2 N–H and O–H groups in total. The van der Waals surface area contributed by atoms with Crippen molar-refractivity contribution in [1.29, 1.82) is 0 Å². The van der Waals surface area contributed by atoms with Crippen molar-refractivity contribution in [3.05, 3.63) is 63.8 Å². The van der Waals surface area contributed by atoms with E-state index < -0.39 is 0 Å². The predicted octanol–water partition coefficient (Wildman–Crippen LogP) is 5.02. The second kappa shape index (κ2) is 9.20. The maximum atomic E-state index is 12.5. The molecule has 31 heavy (non-hydrogen) atoms. The number of nitrogens with one attached hydrogen (secondary N) is 2. The molecule has 0 amide bonds. The average Bonchev–Trinajstić information content (AvgIpc) is 3.32. The highest BCUT2D eigenvalue weighted by atomic mass is 32.1. The van der Waals surface area contributed by atoms with Crippen molar-refractivity contribution < 1.29 is 9.53 Å². The van der Waals surface area contributed by atoms with Crippen LogP contribution in [0.3, 0.4) is 0 Å². The Bertz CT molecular complexity index is 1100. The monoisotopic (exact) mass is 454 g/mol. The van der Waals surface area contributed by atoms with E-state index in [-0.39, 0.29) is 5.97 Å². The number of hydrogen-bond acceptors (Lipinski definition) is 5. The Morgan fingerprint density at radius 2 is 2.10 bits per heavy atom. The third-order valence-corrected chi connectivity index (χ3v) is 6.86. The van der Waals surface area contributed by atoms with Crippen molar-refractivity contribution in [2.45, 2.75) is 39.7 Å². The molecule has 2 heterocycles. The maximum absolute atomic E-state index is 12.5. The number of thiophene rings is 1. The van der Waals surface area contributed by atoms with Gasteiger partial charge in [-0.1, -0.05) is 36.8 Å². The molecule has 0 spiro atoms. The predicted molar refractivity (Wildman–Crippen MR) is 129 cm³/mol. The smallest absolute Gasteiger partial charge is 0.341 e. The highest BCUT2D eigenvalue weighted by Crippen LogP contribution is 2.40. The molecular formula is C23H26N4O2S2. The van der Waals surface area contributed by atoms with Gasteiger partial charge in [0.2, 0.25) is 0 Å². The van der Waals surface area contributed by atoms with Crippen LogP contribution < -0.4 is 10.6 Å². The van der Waals surface area contributed by atoms with Crippen LogP contribution in [0.4, 0.5) is 10.7 Å². The van der Waals surface area contributed by atoms with Crippen LogP contribution in [0.15, 0.2) is 36.7 Å². The lowest BCUT2D eigenvalue weighted by Crippen LogP contribution is -2.20. The van der Waals surface area contributed by atoms with E-state index in [4.69, 9.17) is 17.0 Å². The van der Waals surface area contributed by atoms with Gasteiger partial charge in [-0.15, -0.1) is 11.3 Å². The Balaban J connectivity index is 1.45. The van der Waals surface area contributed by atoms with Crippen LogP contribution in [0.5, 0.6) is 0 Å². The molecule has 3 aromatic rings. The average molecular weight is 455 g/mol. The van der Waals surface area contributed by atoms with Crippen molar-refractivity contribution in [2.24, 2.45) is 5.92 Å². The van der Waals surface area contributed by atoms with Crippen molar-refractivity contribution >= 4 is 45.3 Å². The van der Waals surface area contributed by atoms with Crippen molar-refractivity contribution in [3.8, 4) is 0 Å². The number of benzene rings is 1. The minimum absolute atomic E-state index is 0.316. The summed E-state index contributed by atoms with van der Waals surface area (Å²) < 4.78 is 6.91. The van der Waals surface area contributed by atoms with E-state index in [1.807, 2.05) is 10.9 Å². The number of fused-ring (bicyclic) bond motifs is 1. The summed E-state index contributed by atoms with van der Waals surface area (Å²) in [5, 5.41) is 12.0. The van der Waals surface area contributed by atoms with Gasteiger partial charge >= 0.3 is 5.97 Å². The van der Waals surface area contributed by atoms with E-state index in [0.29, 0.717) is 23.1 Å². The van der Waals surface area contributed by atoms with Gasteiger partial charge in [0.1, 0.15) is 5.00 Å². The van der Waals surface area contributed by atoms with Crippen LogP contribution in [-0.4, -0.2) is 28.0 Å². The summed E-state index contributed by atoms with van der Waals surface area (Å²) in [6.07, 6.45) is 6.61. The number of anilines is 2. The summed E-state index contributed by atoms with van der Waals surface area (Å²) in [5.74, 6) is 0.303. The van der Waals surface area contributed by atoms with Crippen LogP contribution in [0, 0.1) is 12.8 Å². The molecule has 1 aliphatic carbocycles. The number of hydrogen-bond donors (Lipinski definition) is 2. The number of rotatable bonds is 5. The lowest BCUT2D eigenvalue weighted by molar-refractivity contribution is 0.0601. The number of nitrogens with zero attached hydrogens (tertiary/aromatic N) is 2. The van der Waals surface area contributed by atoms with Gasteiger partial charge in [0, 0.05) is 11.1 Å². The lowest BCUT2D eigenvalue weighted by Gasteiger charge is -2.18. The summed E-state index contributed by atoms with van der Waals surface area (Å²) in [5.41, 5.74) is 4.93. The fraction of sp³-hybridized carbons (Fsp3) is 0.348. The largest absolute Gasteiger partial charge is 0.465 e. The third-order valence-electron chi connectivity index (χ3n) is 5.48. The highest BCUT2D eigenvalue weighted by Gasteiger charge is 2.28. The second-order valence-corrected chi connectivity index (χ2v) is 9.55. The first kappa shape index (κ1) is 21.5. The standard InChI is InChI=1S/C23H26N4O2S2/c1-14-4-7-16(8-5-14)12-27-13-17(11-24-27)25-23(30)26-21-20(22(28)29-3)18-9-6-15(2)10-19(18)31-21/h4-5,7-8,11,13,15H,6,9-10,12H2,1-3H3,(H2,25,26,30). The topological polar surface area (TPSA) is 68.2 Å². The Labute approximate surface area is 191 Å². The quantitative estimate of drug-likeness (QED) is 0.417. The SMILES string of the molecule is COC(=O)c1c(NC(=S)Nc2cnn(Cc3ccc(C)cc3)c2)sc2c1CCC(C)C2. The zero-order valence-corrected chi connectivity index (χ0v) is 19.5. The van der Waals surface area contributed by atoms with Crippen LogP contribution in [0.25, 0.3) is 0 Å². The van der Waals surface area contributed by atoms with Crippen molar-refractivity contribution in [1.82, 2.24) is 9.78 Å².